The van der Waals surface area contributed by atoms with Crippen LogP contribution in [0.15, 0.2) is 31.6 Å². The maximum absolute atomic E-state index is 12.5. The molecule has 0 atom stereocenters. The zero-order chi connectivity index (χ0) is 17.6. The molecule has 124 valence electrons. The molecule has 0 radical (unpaired) electrons. The summed E-state index contributed by atoms with van der Waals surface area (Å²) in [5.41, 5.74) is 3.44. The molecule has 2 N–H and O–H groups in total. The Bertz CT molecular complexity index is 907. The zero-order valence-corrected chi connectivity index (χ0v) is 17.5. The number of hydrogen-bond acceptors (Lipinski definition) is 3. The summed E-state index contributed by atoms with van der Waals surface area (Å²) in [6, 6.07) is 5.32. The number of halogens is 3. The molecule has 2 aromatic carbocycles. The Labute approximate surface area is 164 Å². The molecule has 0 aromatic heterocycles. The molecule has 4 nitrogen and oxygen atoms in total. The monoisotopic (exact) mass is 515 g/mol. The number of carbonyl (C=O) groups is 1. The molecule has 24 heavy (non-hydrogen) atoms. The highest BCUT2D eigenvalue weighted by atomic mass is 79.9. The van der Waals surface area contributed by atoms with Gasteiger partial charge in [-0.25, -0.2) is 0 Å². The molecule has 7 heteroatoms. The molecule has 1 aliphatic rings. The molecule has 0 saturated heterocycles. The van der Waals surface area contributed by atoms with Gasteiger partial charge in [-0.2, -0.15) is 0 Å². The summed E-state index contributed by atoms with van der Waals surface area (Å²) < 4.78 is 7.50. The SMILES string of the molecule is COc1ccc(Br)c(C=C2C(=O)Nc3c(Br)cc(Br)c(C)c32)c1O. The van der Waals surface area contributed by atoms with E-state index in [1.54, 1.807) is 18.2 Å². The van der Waals surface area contributed by atoms with Crippen LogP contribution >= 0.6 is 47.8 Å². The van der Waals surface area contributed by atoms with Gasteiger partial charge in [0.1, 0.15) is 0 Å². The van der Waals surface area contributed by atoms with Crippen LogP contribution in [0.5, 0.6) is 11.5 Å². The molecule has 1 heterocycles. The van der Waals surface area contributed by atoms with Crippen LogP contribution in [0.1, 0.15) is 16.7 Å². The minimum absolute atomic E-state index is 0.0210. The van der Waals surface area contributed by atoms with E-state index in [4.69, 9.17) is 4.74 Å². The minimum atomic E-state index is -0.221. The van der Waals surface area contributed by atoms with Gasteiger partial charge in [-0.3, -0.25) is 4.79 Å². The van der Waals surface area contributed by atoms with Gasteiger partial charge in [-0.05, 0) is 52.7 Å². The molecule has 2 aromatic rings. The maximum atomic E-state index is 12.5. The van der Waals surface area contributed by atoms with E-state index in [-0.39, 0.29) is 11.7 Å². The summed E-state index contributed by atoms with van der Waals surface area (Å²) in [5.74, 6) is 0.101. The van der Waals surface area contributed by atoms with Crippen molar-refractivity contribution < 1.29 is 14.6 Å². The largest absolute Gasteiger partial charge is 0.504 e. The van der Waals surface area contributed by atoms with E-state index in [9.17, 15) is 9.90 Å². The van der Waals surface area contributed by atoms with Crippen molar-refractivity contribution in [2.45, 2.75) is 6.92 Å². The van der Waals surface area contributed by atoms with Crippen molar-refractivity contribution in [1.29, 1.82) is 0 Å². The zero-order valence-electron chi connectivity index (χ0n) is 12.7. The summed E-state index contributed by atoms with van der Waals surface area (Å²) in [7, 11) is 1.48. The first-order valence-electron chi connectivity index (χ1n) is 6.92. The van der Waals surface area contributed by atoms with Crippen LogP contribution in [0.2, 0.25) is 0 Å². The summed E-state index contributed by atoms with van der Waals surface area (Å²) in [6.07, 6.45) is 1.66. The van der Waals surface area contributed by atoms with E-state index in [0.717, 1.165) is 25.8 Å². The predicted octanol–water partition coefficient (Wildman–Crippen LogP) is 5.49. The number of anilines is 1. The molecule has 0 unspecified atom stereocenters. The molecule has 0 aliphatic carbocycles. The van der Waals surface area contributed by atoms with Crippen LogP contribution < -0.4 is 10.1 Å². The molecule has 0 fully saturated rings. The quantitative estimate of drug-likeness (QED) is 0.518. The number of carbonyl (C=O) groups excluding carboxylic acids is 1. The molecule has 0 saturated carbocycles. The second-order valence-electron chi connectivity index (χ2n) is 5.24. The number of rotatable bonds is 2. The number of benzene rings is 2. The van der Waals surface area contributed by atoms with Crippen LogP contribution in [0, 0.1) is 6.92 Å². The molecule has 3 rings (SSSR count). The Morgan fingerprint density at radius 1 is 1.17 bits per heavy atom. The first-order valence-corrected chi connectivity index (χ1v) is 9.30. The van der Waals surface area contributed by atoms with Gasteiger partial charge in [0.2, 0.25) is 0 Å². The highest BCUT2D eigenvalue weighted by Crippen LogP contribution is 2.45. The first kappa shape index (κ1) is 17.5. The van der Waals surface area contributed by atoms with Gasteiger partial charge < -0.3 is 15.2 Å². The average Bonchev–Trinajstić information content (AvgIpc) is 2.86. The Hall–Kier alpha value is -1.31. The number of phenols is 1. The predicted molar refractivity (Wildman–Crippen MR) is 105 cm³/mol. The number of methoxy groups -OCH3 is 1. The molecular weight excluding hydrogens is 506 g/mol. The lowest BCUT2D eigenvalue weighted by Crippen LogP contribution is -2.04. The van der Waals surface area contributed by atoms with Crippen LogP contribution in [0.4, 0.5) is 5.69 Å². The standard InChI is InChI=1S/C17H12Br3NO3/c1-7-11(19)6-12(20)15-14(7)9(17(23)21-15)5-8-10(18)3-4-13(24-2)16(8)22/h3-6,22H,1-2H3,(H,21,23). The van der Waals surface area contributed by atoms with Crippen molar-refractivity contribution in [3.05, 3.63) is 48.3 Å². The first-order chi connectivity index (χ1) is 11.3. The van der Waals surface area contributed by atoms with E-state index in [2.05, 4.69) is 53.1 Å². The van der Waals surface area contributed by atoms with Gasteiger partial charge in [0.25, 0.3) is 5.91 Å². The normalized spacial score (nSPS) is 14.7. The number of ether oxygens (including phenoxy) is 1. The molecule has 0 spiro atoms. The summed E-state index contributed by atoms with van der Waals surface area (Å²) >= 11 is 10.4. The summed E-state index contributed by atoms with van der Waals surface area (Å²) in [6.45, 7) is 1.93. The van der Waals surface area contributed by atoms with E-state index in [1.807, 2.05) is 13.0 Å². The number of phenolic OH excluding ortho intramolecular Hbond substituents is 1. The van der Waals surface area contributed by atoms with E-state index >= 15 is 0 Å². The Morgan fingerprint density at radius 2 is 1.88 bits per heavy atom. The maximum Gasteiger partial charge on any atom is 0.256 e. The van der Waals surface area contributed by atoms with Crippen molar-refractivity contribution >= 4 is 71.0 Å². The Balaban J connectivity index is 2.27. The van der Waals surface area contributed by atoms with Crippen molar-refractivity contribution in [3.8, 4) is 11.5 Å². The van der Waals surface area contributed by atoms with E-state index < -0.39 is 0 Å². The van der Waals surface area contributed by atoms with Crippen LogP contribution in [0.25, 0.3) is 11.6 Å². The lowest BCUT2D eigenvalue weighted by atomic mass is 9.99. The average molecular weight is 518 g/mol. The molecule has 1 aliphatic heterocycles. The fraction of sp³-hybridized carbons (Fsp3) is 0.118. The fourth-order valence-corrected chi connectivity index (χ4v) is 4.31. The summed E-state index contributed by atoms with van der Waals surface area (Å²) in [5, 5.41) is 13.3. The van der Waals surface area contributed by atoms with E-state index in [0.29, 0.717) is 21.4 Å². The number of fused-ring (bicyclic) bond motifs is 1. The van der Waals surface area contributed by atoms with Gasteiger partial charge in [0.15, 0.2) is 11.5 Å². The van der Waals surface area contributed by atoms with Gasteiger partial charge in [0, 0.05) is 24.5 Å². The fourth-order valence-electron chi connectivity index (χ4n) is 2.62. The van der Waals surface area contributed by atoms with Gasteiger partial charge in [0.05, 0.1) is 18.4 Å². The van der Waals surface area contributed by atoms with Crippen LogP contribution in [0.3, 0.4) is 0 Å². The second-order valence-corrected chi connectivity index (χ2v) is 7.80. The molecular formula is C17H12Br3NO3. The van der Waals surface area contributed by atoms with Crippen molar-refractivity contribution in [2.75, 3.05) is 12.4 Å². The third-order valence-electron chi connectivity index (χ3n) is 3.86. The molecule has 1 amide bonds. The minimum Gasteiger partial charge on any atom is -0.504 e. The highest BCUT2D eigenvalue weighted by Gasteiger charge is 2.29. The number of nitrogens with one attached hydrogen (secondary N) is 1. The molecule has 0 bridgehead atoms. The highest BCUT2D eigenvalue weighted by molar-refractivity contribution is 9.11. The van der Waals surface area contributed by atoms with Gasteiger partial charge >= 0.3 is 0 Å². The van der Waals surface area contributed by atoms with E-state index in [1.165, 1.54) is 7.11 Å². The number of aromatic hydroxyl groups is 1. The second kappa shape index (κ2) is 6.54. The Kier molecular flexibility index (Phi) is 4.77. The third-order valence-corrected chi connectivity index (χ3v) is 6.00. The van der Waals surface area contributed by atoms with Crippen molar-refractivity contribution in [1.82, 2.24) is 0 Å². The Morgan fingerprint density at radius 3 is 2.54 bits per heavy atom. The van der Waals surface area contributed by atoms with Crippen LogP contribution in [-0.4, -0.2) is 18.1 Å². The van der Waals surface area contributed by atoms with Crippen LogP contribution in [-0.2, 0) is 4.79 Å². The van der Waals surface area contributed by atoms with Gasteiger partial charge in [-0.1, -0.05) is 31.9 Å². The third kappa shape index (κ3) is 2.78. The van der Waals surface area contributed by atoms with Gasteiger partial charge in [-0.15, -0.1) is 0 Å². The topological polar surface area (TPSA) is 58.6 Å². The van der Waals surface area contributed by atoms with Crippen molar-refractivity contribution in [3.63, 3.8) is 0 Å². The lowest BCUT2D eigenvalue weighted by molar-refractivity contribution is -0.110. The lowest BCUT2D eigenvalue weighted by Gasteiger charge is -2.10. The summed E-state index contributed by atoms with van der Waals surface area (Å²) in [4.78, 5) is 12.5. The number of amides is 1. The van der Waals surface area contributed by atoms with Crippen molar-refractivity contribution in [2.24, 2.45) is 0 Å². The smallest absolute Gasteiger partial charge is 0.256 e. The number of hydrogen-bond donors (Lipinski definition) is 2.